The van der Waals surface area contributed by atoms with Crippen LogP contribution >= 0.6 is 7.82 Å². The van der Waals surface area contributed by atoms with Crippen LogP contribution in [0.3, 0.4) is 0 Å². The molecule has 0 bridgehead atoms. The van der Waals surface area contributed by atoms with E-state index in [-0.39, 0.29) is 25.8 Å². The number of quaternary nitrogens is 1. The van der Waals surface area contributed by atoms with E-state index in [9.17, 15) is 14.3 Å². The van der Waals surface area contributed by atoms with Gasteiger partial charge in [-0.2, -0.15) is 0 Å². The summed E-state index contributed by atoms with van der Waals surface area (Å²) in [6, 6.07) is 0. The highest BCUT2D eigenvalue weighted by Gasteiger charge is 2.20. The number of phosphoric acid groups is 1. The van der Waals surface area contributed by atoms with Crippen molar-refractivity contribution in [1.29, 1.82) is 0 Å². The maximum atomic E-state index is 12.5. The first kappa shape index (κ1) is 42.2. The van der Waals surface area contributed by atoms with Gasteiger partial charge in [0, 0.05) is 13.0 Å². The third kappa shape index (κ3) is 32.4. The highest BCUT2D eigenvalue weighted by Crippen LogP contribution is 2.38. The van der Waals surface area contributed by atoms with Crippen LogP contribution in [0, 0.1) is 0 Å². The summed E-state index contributed by atoms with van der Waals surface area (Å²) >= 11 is 0. The van der Waals surface area contributed by atoms with Gasteiger partial charge in [-0.3, -0.25) is 9.36 Å². The molecule has 0 rings (SSSR count). The van der Waals surface area contributed by atoms with E-state index in [1.807, 2.05) is 21.1 Å². The van der Waals surface area contributed by atoms with Crippen molar-refractivity contribution in [3.8, 4) is 0 Å². The second-order valence-corrected chi connectivity index (χ2v) is 14.3. The summed E-state index contributed by atoms with van der Waals surface area (Å²) in [4.78, 5) is 24.8. The number of carbonyl (C=O) groups is 1. The van der Waals surface area contributed by atoms with Gasteiger partial charge < -0.3 is 27.9 Å². The lowest BCUT2D eigenvalue weighted by Gasteiger charge is -2.28. The fraction of sp³-hybridized carbons (Fsp3) is 0.912. The molecule has 0 amide bonds. The fourth-order valence-corrected chi connectivity index (χ4v) is 5.28. The minimum Gasteiger partial charge on any atom is -0.756 e. The molecule has 2 atom stereocenters. The Labute approximate surface area is 265 Å². The predicted molar refractivity (Wildman–Crippen MR) is 176 cm³/mol. The number of ether oxygens (including phenoxy) is 2. The number of hydrogen-bond acceptors (Lipinski definition) is 7. The van der Waals surface area contributed by atoms with Crippen LogP contribution in [0.5, 0.6) is 0 Å². The Kier molecular flexibility index (Phi) is 28.2. The van der Waals surface area contributed by atoms with Gasteiger partial charge in [-0.15, -0.1) is 0 Å². The minimum atomic E-state index is -4.51. The molecule has 8 nitrogen and oxygen atoms in total. The molecule has 9 heteroatoms. The van der Waals surface area contributed by atoms with Gasteiger partial charge in [0.2, 0.25) is 0 Å². The number of unbranched alkanes of at least 4 members (excludes halogenated alkanes) is 16. The van der Waals surface area contributed by atoms with Crippen molar-refractivity contribution in [2.24, 2.45) is 0 Å². The third-order valence-corrected chi connectivity index (χ3v) is 8.26. The minimum absolute atomic E-state index is 0.0269. The number of rotatable bonds is 32. The van der Waals surface area contributed by atoms with Crippen molar-refractivity contribution in [1.82, 2.24) is 0 Å². The van der Waals surface area contributed by atoms with Crippen LogP contribution in [0.2, 0.25) is 0 Å². The van der Waals surface area contributed by atoms with Crippen LogP contribution < -0.4 is 4.89 Å². The maximum Gasteiger partial charge on any atom is 0.306 e. The van der Waals surface area contributed by atoms with Gasteiger partial charge in [-0.25, -0.2) is 0 Å². The summed E-state index contributed by atoms with van der Waals surface area (Å²) in [5.74, 6) is -0.346. The van der Waals surface area contributed by atoms with Gasteiger partial charge >= 0.3 is 5.97 Å². The van der Waals surface area contributed by atoms with E-state index in [1.54, 1.807) is 0 Å². The summed E-state index contributed by atoms with van der Waals surface area (Å²) in [5.41, 5.74) is 0. The molecule has 43 heavy (non-hydrogen) atoms. The number of esters is 1. The first-order valence-corrected chi connectivity index (χ1v) is 18.9. The van der Waals surface area contributed by atoms with E-state index in [1.165, 1.54) is 70.6 Å². The van der Waals surface area contributed by atoms with Crippen LogP contribution in [0.1, 0.15) is 142 Å². The fourth-order valence-electron chi connectivity index (χ4n) is 4.55. The van der Waals surface area contributed by atoms with Crippen molar-refractivity contribution >= 4 is 13.8 Å². The molecule has 0 spiro atoms. The summed E-state index contributed by atoms with van der Waals surface area (Å²) < 4.78 is 34.3. The molecule has 0 aromatic carbocycles. The molecule has 0 saturated carbocycles. The summed E-state index contributed by atoms with van der Waals surface area (Å²) in [6.07, 6.45) is 26.4. The zero-order valence-electron chi connectivity index (χ0n) is 28.7. The van der Waals surface area contributed by atoms with Crippen molar-refractivity contribution in [2.75, 3.05) is 54.1 Å². The molecular weight excluding hydrogens is 565 g/mol. The molecular formula is C34H68NO7P. The molecule has 0 aliphatic rings. The summed E-state index contributed by atoms with van der Waals surface area (Å²) in [6.45, 7) is 5.33. The van der Waals surface area contributed by atoms with E-state index in [0.29, 0.717) is 24.1 Å². The number of carbonyl (C=O) groups excluding carboxylic acids is 1. The Morgan fingerprint density at radius 3 is 1.86 bits per heavy atom. The van der Waals surface area contributed by atoms with Crippen LogP contribution in [-0.4, -0.2) is 70.7 Å². The van der Waals surface area contributed by atoms with Crippen LogP contribution in [0.4, 0.5) is 0 Å². The molecule has 0 aliphatic carbocycles. The Morgan fingerprint density at radius 2 is 1.26 bits per heavy atom. The lowest BCUT2D eigenvalue weighted by atomic mass is 10.1. The average molecular weight is 634 g/mol. The zero-order chi connectivity index (χ0) is 32.1. The number of allylic oxidation sites excluding steroid dienone is 2. The summed E-state index contributed by atoms with van der Waals surface area (Å²) in [7, 11) is 1.35. The van der Waals surface area contributed by atoms with Gasteiger partial charge in [0.05, 0.1) is 34.4 Å². The van der Waals surface area contributed by atoms with Crippen LogP contribution in [0.25, 0.3) is 0 Å². The Bertz CT molecular complexity index is 711. The average Bonchev–Trinajstić information content (AvgIpc) is 2.94. The van der Waals surface area contributed by atoms with E-state index in [2.05, 4.69) is 26.0 Å². The normalized spacial score (nSPS) is 14.3. The van der Waals surface area contributed by atoms with E-state index < -0.39 is 13.9 Å². The SMILES string of the molecule is CCC/C=C\CCCCCCCC(=O)OC(COCCCCCCCCCCCCC)COP(=O)([O-])OCC[N+](C)(C)C. The Balaban J connectivity index is 4.35. The van der Waals surface area contributed by atoms with Gasteiger partial charge in [-0.05, 0) is 32.1 Å². The lowest BCUT2D eigenvalue weighted by molar-refractivity contribution is -0.870. The van der Waals surface area contributed by atoms with Gasteiger partial charge in [0.25, 0.3) is 7.82 Å². The lowest BCUT2D eigenvalue weighted by Crippen LogP contribution is -2.37. The molecule has 0 heterocycles. The number of phosphoric ester groups is 1. The number of hydrogen-bond donors (Lipinski definition) is 0. The molecule has 0 fully saturated rings. The standard InChI is InChI=1S/C34H68NO7P/c1-6-8-10-12-14-16-18-20-22-24-26-29-39-31-33(32-41-43(37,38)40-30-28-35(3,4)5)42-34(36)27-25-23-21-19-17-15-13-11-9-7-2/h11,13,33H,6-10,12,14-32H2,1-5H3/b13-11-. The Morgan fingerprint density at radius 1 is 0.698 bits per heavy atom. The Hall–Kier alpha value is -0.760. The second kappa shape index (κ2) is 28.7. The predicted octanol–water partition coefficient (Wildman–Crippen LogP) is 8.52. The van der Waals surface area contributed by atoms with Gasteiger partial charge in [0.15, 0.2) is 0 Å². The molecule has 0 aliphatic heterocycles. The van der Waals surface area contributed by atoms with Crippen molar-refractivity contribution in [3.63, 3.8) is 0 Å². The van der Waals surface area contributed by atoms with Crippen LogP contribution in [-0.2, 0) is 27.9 Å². The molecule has 0 aromatic heterocycles. The van der Waals surface area contributed by atoms with E-state index in [4.69, 9.17) is 18.5 Å². The van der Waals surface area contributed by atoms with Gasteiger partial charge in [-0.1, -0.05) is 116 Å². The number of likely N-dealkylation sites (N-methyl/N-ethyl adjacent to an activating group) is 1. The monoisotopic (exact) mass is 633 g/mol. The topological polar surface area (TPSA) is 94.1 Å². The van der Waals surface area contributed by atoms with Crippen molar-refractivity contribution in [3.05, 3.63) is 12.2 Å². The number of nitrogens with zero attached hydrogens (tertiary/aromatic N) is 1. The molecule has 0 aromatic rings. The largest absolute Gasteiger partial charge is 0.756 e. The highest BCUT2D eigenvalue weighted by atomic mass is 31.2. The molecule has 2 unspecified atom stereocenters. The van der Waals surface area contributed by atoms with Crippen molar-refractivity contribution in [2.45, 2.75) is 148 Å². The molecule has 0 radical (unpaired) electrons. The molecule has 256 valence electrons. The van der Waals surface area contributed by atoms with Crippen molar-refractivity contribution < 1.29 is 37.3 Å². The smallest absolute Gasteiger partial charge is 0.306 e. The molecule has 0 N–H and O–H groups in total. The van der Waals surface area contributed by atoms with Gasteiger partial charge in [0.1, 0.15) is 19.3 Å². The first-order valence-electron chi connectivity index (χ1n) is 17.4. The maximum absolute atomic E-state index is 12.5. The highest BCUT2D eigenvalue weighted by molar-refractivity contribution is 7.45. The summed E-state index contributed by atoms with van der Waals surface area (Å²) in [5, 5.41) is 0. The first-order chi connectivity index (χ1) is 20.6. The van der Waals surface area contributed by atoms with E-state index in [0.717, 1.165) is 51.4 Å². The van der Waals surface area contributed by atoms with Crippen LogP contribution in [0.15, 0.2) is 12.2 Å². The van der Waals surface area contributed by atoms with E-state index >= 15 is 0 Å². The second-order valence-electron chi connectivity index (χ2n) is 12.9. The third-order valence-electron chi connectivity index (χ3n) is 7.30. The molecule has 0 saturated heterocycles. The zero-order valence-corrected chi connectivity index (χ0v) is 29.6. The quantitative estimate of drug-likeness (QED) is 0.0241.